The molecule has 0 spiro atoms. The van der Waals surface area contributed by atoms with Gasteiger partial charge in [0, 0.05) is 11.1 Å². The van der Waals surface area contributed by atoms with Crippen molar-refractivity contribution in [2.75, 3.05) is 5.32 Å². The first kappa shape index (κ1) is 12.2. The number of aromatic nitrogens is 1. The molecule has 0 bridgehead atoms. The van der Waals surface area contributed by atoms with E-state index in [1.54, 1.807) is 13.0 Å². The molecule has 0 unspecified atom stereocenters. The summed E-state index contributed by atoms with van der Waals surface area (Å²) in [4.78, 5) is 12.4. The third-order valence-corrected chi connectivity index (χ3v) is 3.77. The quantitative estimate of drug-likeness (QED) is 0.936. The Morgan fingerprint density at radius 3 is 2.74 bits per heavy atom. The highest BCUT2D eigenvalue weighted by atomic mass is 35.5. The number of hydrogen-bond donors (Lipinski definition) is 1. The SMILES string of the molecule is Cc1cc(NC(=O)C2(c3ccccc3Cl)CC2)no1. The Labute approximate surface area is 115 Å². The molecule has 1 N–H and O–H groups in total. The fourth-order valence-electron chi connectivity index (χ4n) is 2.25. The second kappa shape index (κ2) is 4.38. The van der Waals surface area contributed by atoms with Crippen LogP contribution in [0.4, 0.5) is 5.82 Å². The van der Waals surface area contributed by atoms with Gasteiger partial charge in [-0.1, -0.05) is 35.0 Å². The molecule has 5 heteroatoms. The van der Waals surface area contributed by atoms with E-state index in [0.717, 1.165) is 18.4 Å². The minimum absolute atomic E-state index is 0.0751. The molecule has 1 saturated carbocycles. The van der Waals surface area contributed by atoms with Gasteiger partial charge in [-0.05, 0) is 31.4 Å². The van der Waals surface area contributed by atoms with E-state index in [2.05, 4.69) is 10.5 Å². The highest BCUT2D eigenvalue weighted by molar-refractivity contribution is 6.32. The van der Waals surface area contributed by atoms with Crippen LogP contribution < -0.4 is 5.32 Å². The van der Waals surface area contributed by atoms with Gasteiger partial charge in [-0.15, -0.1) is 0 Å². The van der Waals surface area contributed by atoms with Crippen LogP contribution in [0.5, 0.6) is 0 Å². The maximum Gasteiger partial charge on any atom is 0.236 e. The summed E-state index contributed by atoms with van der Waals surface area (Å²) in [5.74, 6) is 1.03. The largest absolute Gasteiger partial charge is 0.360 e. The van der Waals surface area contributed by atoms with E-state index in [1.165, 1.54) is 0 Å². The average molecular weight is 277 g/mol. The van der Waals surface area contributed by atoms with E-state index in [4.69, 9.17) is 16.1 Å². The zero-order valence-corrected chi connectivity index (χ0v) is 11.2. The van der Waals surface area contributed by atoms with Crippen LogP contribution in [0.3, 0.4) is 0 Å². The van der Waals surface area contributed by atoms with Crippen LogP contribution in [-0.2, 0) is 10.2 Å². The number of anilines is 1. The normalized spacial score (nSPS) is 16.1. The van der Waals surface area contributed by atoms with Crippen molar-refractivity contribution in [3.05, 3.63) is 46.7 Å². The number of nitrogens with one attached hydrogen (secondary N) is 1. The van der Waals surface area contributed by atoms with Gasteiger partial charge in [0.2, 0.25) is 5.91 Å². The lowest BCUT2D eigenvalue weighted by atomic mass is 9.95. The molecule has 0 saturated heterocycles. The molecular weight excluding hydrogens is 264 g/mol. The standard InChI is InChI=1S/C14H13ClN2O2/c1-9-8-12(17-19-9)16-13(18)14(6-7-14)10-4-2-3-5-11(10)15/h2-5,8H,6-7H2,1H3,(H,16,17,18). The summed E-state index contributed by atoms with van der Waals surface area (Å²) >= 11 is 6.19. The van der Waals surface area contributed by atoms with Gasteiger partial charge in [0.05, 0.1) is 5.41 Å². The number of halogens is 1. The Hall–Kier alpha value is -1.81. The minimum Gasteiger partial charge on any atom is -0.360 e. The molecule has 19 heavy (non-hydrogen) atoms. The number of rotatable bonds is 3. The molecule has 0 aliphatic heterocycles. The first-order chi connectivity index (χ1) is 9.12. The summed E-state index contributed by atoms with van der Waals surface area (Å²) in [5.41, 5.74) is 0.375. The summed E-state index contributed by atoms with van der Waals surface area (Å²) in [7, 11) is 0. The lowest BCUT2D eigenvalue weighted by Gasteiger charge is -2.15. The van der Waals surface area contributed by atoms with Crippen molar-refractivity contribution in [1.29, 1.82) is 0 Å². The Morgan fingerprint density at radius 1 is 1.42 bits per heavy atom. The zero-order chi connectivity index (χ0) is 13.5. The molecule has 1 aliphatic carbocycles. The van der Waals surface area contributed by atoms with E-state index in [-0.39, 0.29) is 5.91 Å². The van der Waals surface area contributed by atoms with Crippen molar-refractivity contribution < 1.29 is 9.32 Å². The molecule has 98 valence electrons. The number of carbonyl (C=O) groups excluding carboxylic acids is 1. The number of amides is 1. The molecule has 3 rings (SSSR count). The summed E-state index contributed by atoms with van der Waals surface area (Å²) < 4.78 is 4.94. The lowest BCUT2D eigenvalue weighted by Crippen LogP contribution is -2.28. The van der Waals surface area contributed by atoms with Gasteiger partial charge >= 0.3 is 0 Å². The zero-order valence-electron chi connectivity index (χ0n) is 10.4. The fraction of sp³-hybridized carbons (Fsp3) is 0.286. The van der Waals surface area contributed by atoms with Crippen molar-refractivity contribution in [2.45, 2.75) is 25.2 Å². The molecule has 1 heterocycles. The molecule has 1 aromatic heterocycles. The molecule has 0 atom stereocenters. The van der Waals surface area contributed by atoms with E-state index in [1.807, 2.05) is 24.3 Å². The van der Waals surface area contributed by atoms with Gasteiger partial charge in [0.15, 0.2) is 5.82 Å². The minimum atomic E-state index is -0.509. The molecule has 1 aliphatic rings. The van der Waals surface area contributed by atoms with Crippen molar-refractivity contribution in [3.8, 4) is 0 Å². The van der Waals surface area contributed by atoms with Gasteiger partial charge in [-0.3, -0.25) is 4.79 Å². The summed E-state index contributed by atoms with van der Waals surface area (Å²) in [6.07, 6.45) is 1.61. The third kappa shape index (κ3) is 2.12. The Balaban J connectivity index is 1.85. The first-order valence-corrected chi connectivity index (χ1v) is 6.49. The van der Waals surface area contributed by atoms with Crippen molar-refractivity contribution in [3.63, 3.8) is 0 Å². The number of nitrogens with zero attached hydrogens (tertiary/aromatic N) is 1. The molecular formula is C14H13ClN2O2. The maximum absolute atomic E-state index is 12.4. The third-order valence-electron chi connectivity index (χ3n) is 3.44. The predicted octanol–water partition coefficient (Wildman–Crippen LogP) is 3.31. The topological polar surface area (TPSA) is 55.1 Å². The maximum atomic E-state index is 12.4. The van der Waals surface area contributed by atoms with Crippen LogP contribution in [0, 0.1) is 6.92 Å². The van der Waals surface area contributed by atoms with Gasteiger partial charge in [-0.2, -0.15) is 0 Å². The number of benzene rings is 1. The molecule has 1 amide bonds. The van der Waals surface area contributed by atoms with Crippen LogP contribution in [0.1, 0.15) is 24.2 Å². The summed E-state index contributed by atoms with van der Waals surface area (Å²) in [6, 6.07) is 9.17. The highest BCUT2D eigenvalue weighted by Gasteiger charge is 2.52. The Bertz CT molecular complexity index is 632. The average Bonchev–Trinajstić information content (AvgIpc) is 3.09. The van der Waals surface area contributed by atoms with Crippen LogP contribution >= 0.6 is 11.6 Å². The van der Waals surface area contributed by atoms with Crippen LogP contribution in [0.2, 0.25) is 5.02 Å². The van der Waals surface area contributed by atoms with Gasteiger partial charge in [0.25, 0.3) is 0 Å². The van der Waals surface area contributed by atoms with Crippen LogP contribution in [0.25, 0.3) is 0 Å². The molecule has 0 radical (unpaired) electrons. The van der Waals surface area contributed by atoms with E-state index in [9.17, 15) is 4.79 Å². The first-order valence-electron chi connectivity index (χ1n) is 6.12. The highest BCUT2D eigenvalue weighted by Crippen LogP contribution is 2.51. The second-order valence-corrected chi connectivity index (χ2v) is 5.25. The van der Waals surface area contributed by atoms with Crippen molar-refractivity contribution in [2.24, 2.45) is 0 Å². The number of aryl methyl sites for hydroxylation is 1. The van der Waals surface area contributed by atoms with Crippen molar-refractivity contribution >= 4 is 23.3 Å². The Morgan fingerprint density at radius 2 is 2.16 bits per heavy atom. The predicted molar refractivity (Wildman–Crippen MR) is 72.2 cm³/mol. The number of hydrogen-bond acceptors (Lipinski definition) is 3. The smallest absolute Gasteiger partial charge is 0.236 e. The van der Waals surface area contributed by atoms with Crippen molar-refractivity contribution in [1.82, 2.24) is 5.16 Å². The Kier molecular flexibility index (Phi) is 2.82. The monoisotopic (exact) mass is 276 g/mol. The second-order valence-electron chi connectivity index (χ2n) is 4.84. The summed E-state index contributed by atoms with van der Waals surface area (Å²) in [5, 5.41) is 7.19. The van der Waals surface area contributed by atoms with Gasteiger partial charge < -0.3 is 9.84 Å². The van der Waals surface area contributed by atoms with E-state index in [0.29, 0.717) is 16.6 Å². The van der Waals surface area contributed by atoms with Gasteiger partial charge in [0.1, 0.15) is 5.76 Å². The summed E-state index contributed by atoms with van der Waals surface area (Å²) in [6.45, 7) is 1.78. The van der Waals surface area contributed by atoms with Crippen LogP contribution in [-0.4, -0.2) is 11.1 Å². The number of carbonyl (C=O) groups is 1. The molecule has 2 aromatic rings. The van der Waals surface area contributed by atoms with Crippen LogP contribution in [0.15, 0.2) is 34.9 Å². The fourth-order valence-corrected chi connectivity index (χ4v) is 2.57. The molecule has 4 nitrogen and oxygen atoms in total. The molecule has 1 aromatic carbocycles. The molecule has 1 fully saturated rings. The lowest BCUT2D eigenvalue weighted by molar-refractivity contribution is -0.118. The van der Waals surface area contributed by atoms with E-state index >= 15 is 0 Å². The van der Waals surface area contributed by atoms with Gasteiger partial charge in [-0.25, -0.2) is 0 Å². The van der Waals surface area contributed by atoms with E-state index < -0.39 is 5.41 Å².